The molecule has 10 nitrogen and oxygen atoms in total. The Kier molecular flexibility index (Phi) is 15.0. The maximum Gasteiger partial charge on any atom is 0.239 e. The van der Waals surface area contributed by atoms with Crippen molar-refractivity contribution in [3.63, 3.8) is 0 Å². The monoisotopic (exact) mass is 868 g/mol. The summed E-state index contributed by atoms with van der Waals surface area (Å²) in [6.45, 7) is 4.84. The molecule has 0 unspecified atom stereocenters. The predicted octanol–water partition coefficient (Wildman–Crippen LogP) is 10.7. The number of amides is 1. The van der Waals surface area contributed by atoms with E-state index in [-0.39, 0.29) is 43.5 Å². The van der Waals surface area contributed by atoms with Crippen molar-refractivity contribution >= 4 is 28.7 Å². The highest BCUT2D eigenvalue weighted by molar-refractivity contribution is 6.03. The molecule has 1 heterocycles. The summed E-state index contributed by atoms with van der Waals surface area (Å²) in [7, 11) is 1.58. The van der Waals surface area contributed by atoms with Crippen LogP contribution in [0.4, 0.5) is 0 Å². The van der Waals surface area contributed by atoms with Gasteiger partial charge in [-0.25, -0.2) is 0 Å². The number of unbranched alkanes of at least 4 members (excludes halogenated alkanes) is 2. The lowest BCUT2D eigenvalue weighted by molar-refractivity contribution is -0.258. The molecule has 3 aliphatic carbocycles. The highest BCUT2D eigenvalue weighted by Gasteiger charge is 2.65. The van der Waals surface area contributed by atoms with Gasteiger partial charge in [-0.1, -0.05) is 110 Å². The highest BCUT2D eigenvalue weighted by Crippen LogP contribution is 2.62. The number of carbonyl (C=O) groups is 2. The molecule has 1 aliphatic heterocycles. The van der Waals surface area contributed by atoms with Gasteiger partial charge in [-0.05, 0) is 102 Å². The van der Waals surface area contributed by atoms with E-state index >= 15 is 4.79 Å². The Balaban J connectivity index is 1.32. The summed E-state index contributed by atoms with van der Waals surface area (Å²) >= 11 is 0. The Morgan fingerprint density at radius 2 is 1.69 bits per heavy atom. The molecule has 4 aromatic carbocycles. The van der Waals surface area contributed by atoms with Crippen LogP contribution >= 0.6 is 0 Å². The number of ether oxygens (including phenoxy) is 3. The van der Waals surface area contributed by atoms with Gasteiger partial charge in [0.15, 0.2) is 0 Å². The molecule has 338 valence electrons. The number of hydrogen-bond acceptors (Lipinski definition) is 9. The zero-order valence-corrected chi connectivity index (χ0v) is 37.2. The van der Waals surface area contributed by atoms with Gasteiger partial charge in [0.05, 0.1) is 18.2 Å². The van der Waals surface area contributed by atoms with Crippen LogP contribution < -0.4 is 9.47 Å². The number of carbonyl (C=O) groups excluding carboxylic acids is 2. The van der Waals surface area contributed by atoms with Crippen molar-refractivity contribution in [3.05, 3.63) is 126 Å². The Bertz CT molecular complexity index is 2310. The average Bonchev–Trinajstić information content (AvgIpc) is 3.85. The Hall–Kier alpha value is -5.29. The normalized spacial score (nSPS) is 24.3. The first-order valence-electron chi connectivity index (χ1n) is 23.5. The molecule has 10 heteroatoms. The van der Waals surface area contributed by atoms with Crippen LogP contribution in [0.2, 0.25) is 0 Å². The van der Waals surface area contributed by atoms with Gasteiger partial charge >= 0.3 is 0 Å². The molecule has 0 bridgehead atoms. The molecule has 6 atom stereocenters. The SMILES string of the molecule is C=CCO[C@@]12Oc3ccc(Oc4cccc(C=O)c4)cc3[C@H]3[C@H](CCCCO)[C@@H](CCCCO)C=C(C(=NOC)C[C@@H]1N(Cc1cccc4ccccc14)C(=O)CCC1CCCC1)[C@H]32. The second-order valence-electron chi connectivity index (χ2n) is 18.1. The fraction of sp³-hybridized carbons (Fsp3) is 0.463. The molecule has 0 spiro atoms. The molecule has 2 fully saturated rings. The number of aldehydes is 1. The van der Waals surface area contributed by atoms with Gasteiger partial charge in [0.2, 0.25) is 11.7 Å². The van der Waals surface area contributed by atoms with Crippen LogP contribution in [-0.2, 0) is 20.9 Å². The minimum absolute atomic E-state index is 0.0556. The summed E-state index contributed by atoms with van der Waals surface area (Å²) in [6, 6.07) is 27.0. The quantitative estimate of drug-likeness (QED) is 0.0367. The van der Waals surface area contributed by atoms with E-state index in [1.54, 1.807) is 31.4 Å². The van der Waals surface area contributed by atoms with E-state index in [2.05, 4.69) is 49.1 Å². The minimum atomic E-state index is -1.37. The number of oxime groups is 1. The van der Waals surface area contributed by atoms with Crippen molar-refractivity contribution in [3.8, 4) is 17.2 Å². The third kappa shape index (κ3) is 9.56. The largest absolute Gasteiger partial charge is 0.459 e. The summed E-state index contributed by atoms with van der Waals surface area (Å²) in [5, 5.41) is 27.0. The number of rotatable bonds is 21. The lowest BCUT2D eigenvalue weighted by Gasteiger charge is -2.60. The number of aliphatic hydroxyl groups is 2. The molecule has 4 aromatic rings. The van der Waals surface area contributed by atoms with Crippen LogP contribution in [0.1, 0.15) is 111 Å². The van der Waals surface area contributed by atoms with E-state index in [9.17, 15) is 15.0 Å². The van der Waals surface area contributed by atoms with Gasteiger partial charge in [-0.15, -0.1) is 6.58 Å². The first kappa shape index (κ1) is 45.3. The van der Waals surface area contributed by atoms with Crippen LogP contribution in [0.5, 0.6) is 17.2 Å². The third-order valence-electron chi connectivity index (χ3n) is 14.2. The molecule has 64 heavy (non-hydrogen) atoms. The van der Waals surface area contributed by atoms with E-state index in [0.29, 0.717) is 61.0 Å². The van der Waals surface area contributed by atoms with Crippen LogP contribution in [0.3, 0.4) is 0 Å². The number of hydrogen-bond donors (Lipinski definition) is 2. The van der Waals surface area contributed by atoms with Crippen molar-refractivity contribution in [1.29, 1.82) is 0 Å². The second-order valence-corrected chi connectivity index (χ2v) is 18.1. The van der Waals surface area contributed by atoms with Gasteiger partial charge in [0.25, 0.3) is 0 Å². The lowest BCUT2D eigenvalue weighted by Crippen LogP contribution is -2.70. The smallest absolute Gasteiger partial charge is 0.239 e. The first-order valence-corrected chi connectivity index (χ1v) is 23.5. The van der Waals surface area contributed by atoms with Crippen LogP contribution in [0.15, 0.2) is 114 Å². The highest BCUT2D eigenvalue weighted by atomic mass is 16.7. The molecule has 0 radical (unpaired) electrons. The molecule has 1 amide bonds. The Morgan fingerprint density at radius 3 is 2.47 bits per heavy atom. The van der Waals surface area contributed by atoms with Crippen molar-refractivity contribution in [2.24, 2.45) is 28.8 Å². The summed E-state index contributed by atoms with van der Waals surface area (Å²) in [5.41, 5.74) is 4.27. The number of allylic oxidation sites excluding steroid dienone is 1. The van der Waals surface area contributed by atoms with Crippen molar-refractivity contribution in [2.75, 3.05) is 26.9 Å². The third-order valence-corrected chi connectivity index (χ3v) is 14.2. The van der Waals surface area contributed by atoms with E-state index in [1.165, 1.54) is 12.8 Å². The van der Waals surface area contributed by atoms with Gasteiger partial charge in [0, 0.05) is 49.6 Å². The van der Waals surface area contributed by atoms with Gasteiger partial charge < -0.3 is 34.2 Å². The topological polar surface area (TPSA) is 127 Å². The zero-order chi connectivity index (χ0) is 44.5. The number of benzene rings is 4. The van der Waals surface area contributed by atoms with Gasteiger partial charge in [-0.3, -0.25) is 9.59 Å². The maximum absolute atomic E-state index is 15.3. The molecule has 8 rings (SSSR count). The standard InChI is InChI=1S/C54H64N2O8/c1-3-30-62-54-50(56(51(60)27-24-37-14-4-5-15-37)35-41-20-13-19-39-17-6-7-22-44(39)41)34-48(55-61-2)46-32-40(18-8-10-28-57)45(23-9-11-29-58)52(53(46)54)47-33-43(25-26-49(47)64-54)63-42-21-12-16-38(31-42)36-59/h3,6-7,12-13,16-17,19-22,25-26,31-33,36-37,40,45,50,52-53,57-58H,1,4-5,8-11,14-15,18,23-24,27-30,34-35H2,2H3/t40-,45+,50-,52+,53+,54+/m0/s1. The molecule has 4 aliphatic rings. The molecule has 2 N–H and O–H groups in total. The fourth-order valence-corrected chi connectivity index (χ4v) is 11.4. The van der Waals surface area contributed by atoms with E-state index in [4.69, 9.17) is 24.2 Å². The second kappa shape index (κ2) is 21.1. The summed E-state index contributed by atoms with van der Waals surface area (Å²) in [5.74, 6) is 0.535. The average molecular weight is 869 g/mol. The van der Waals surface area contributed by atoms with Crippen molar-refractivity contribution in [2.45, 2.75) is 108 Å². The van der Waals surface area contributed by atoms with E-state index in [1.807, 2.05) is 35.2 Å². The minimum Gasteiger partial charge on any atom is -0.459 e. The number of aliphatic hydroxyl groups excluding tert-OH is 2. The molecule has 0 saturated heterocycles. The maximum atomic E-state index is 15.3. The van der Waals surface area contributed by atoms with Crippen LogP contribution in [0, 0.1) is 23.7 Å². The summed E-state index contributed by atoms with van der Waals surface area (Å²) < 4.78 is 21.2. The molecule has 0 aromatic heterocycles. The number of fused-ring (bicyclic) bond motifs is 3. The van der Waals surface area contributed by atoms with Crippen LogP contribution in [0.25, 0.3) is 10.8 Å². The number of nitrogens with zero attached hydrogens (tertiary/aromatic N) is 2. The van der Waals surface area contributed by atoms with E-state index < -0.39 is 17.7 Å². The summed E-state index contributed by atoms with van der Waals surface area (Å²) in [4.78, 5) is 34.8. The van der Waals surface area contributed by atoms with Crippen molar-refractivity contribution < 1.29 is 38.9 Å². The molecular weight excluding hydrogens is 805 g/mol. The first-order chi connectivity index (χ1) is 31.4. The zero-order valence-electron chi connectivity index (χ0n) is 37.2. The predicted molar refractivity (Wildman–Crippen MR) is 250 cm³/mol. The van der Waals surface area contributed by atoms with E-state index in [0.717, 1.165) is 84.4 Å². The lowest BCUT2D eigenvalue weighted by atomic mass is 9.55. The van der Waals surface area contributed by atoms with Gasteiger partial charge in [0.1, 0.15) is 36.7 Å². The van der Waals surface area contributed by atoms with Crippen molar-refractivity contribution in [1.82, 2.24) is 4.90 Å². The van der Waals surface area contributed by atoms with Crippen LogP contribution in [-0.4, -0.2) is 71.8 Å². The van der Waals surface area contributed by atoms with Gasteiger partial charge in [-0.2, -0.15) is 0 Å². The molecule has 2 saturated carbocycles. The summed E-state index contributed by atoms with van der Waals surface area (Å²) in [6.07, 6.45) is 15.9. The molecular formula is C54H64N2O8. The Labute approximate surface area is 377 Å². The fourth-order valence-electron chi connectivity index (χ4n) is 11.4. The Morgan fingerprint density at radius 1 is 0.922 bits per heavy atom.